The lowest BCUT2D eigenvalue weighted by atomic mass is 9.87. The predicted octanol–water partition coefficient (Wildman–Crippen LogP) is 1.60. The molecule has 2 aromatic rings. The Morgan fingerprint density at radius 3 is 2.57 bits per heavy atom. The molecule has 1 saturated heterocycles. The third-order valence-electron chi connectivity index (χ3n) is 6.11. The Morgan fingerprint density at radius 2 is 1.94 bits per heavy atom. The molecule has 190 valence electrons. The van der Waals surface area contributed by atoms with Crippen molar-refractivity contribution >= 4 is 34.5 Å². The number of aromatic amines is 1. The van der Waals surface area contributed by atoms with Crippen molar-refractivity contribution in [2.45, 2.75) is 58.5 Å². The maximum Gasteiger partial charge on any atom is 0.268 e. The van der Waals surface area contributed by atoms with E-state index in [0.29, 0.717) is 25.1 Å². The normalized spacial score (nSPS) is 17.8. The van der Waals surface area contributed by atoms with E-state index in [1.165, 1.54) is 0 Å². The van der Waals surface area contributed by atoms with Gasteiger partial charge >= 0.3 is 0 Å². The number of aromatic nitrogens is 1. The third-order valence-corrected chi connectivity index (χ3v) is 6.11. The van der Waals surface area contributed by atoms with Crippen LogP contribution in [0.5, 0.6) is 5.75 Å². The molecule has 4 amide bonds. The first-order valence-electron chi connectivity index (χ1n) is 11.8. The summed E-state index contributed by atoms with van der Waals surface area (Å²) in [7, 11) is 1.55. The van der Waals surface area contributed by atoms with E-state index < -0.39 is 35.7 Å². The summed E-state index contributed by atoms with van der Waals surface area (Å²) in [6.07, 6.45) is 1.86. The number of methoxy groups -OCH3 is 1. The van der Waals surface area contributed by atoms with Crippen molar-refractivity contribution in [3.05, 3.63) is 30.0 Å². The second kappa shape index (κ2) is 10.8. The van der Waals surface area contributed by atoms with E-state index in [2.05, 4.69) is 20.9 Å². The largest absolute Gasteiger partial charge is 0.496 e. The van der Waals surface area contributed by atoms with E-state index in [1.807, 2.05) is 32.9 Å². The number of hydrogen-bond donors (Lipinski definition) is 5. The first kappa shape index (κ1) is 26.1. The van der Waals surface area contributed by atoms with Crippen LogP contribution in [0.15, 0.2) is 24.3 Å². The van der Waals surface area contributed by atoms with E-state index >= 15 is 0 Å². The third kappa shape index (κ3) is 6.74. The van der Waals surface area contributed by atoms with Crippen LogP contribution in [0.25, 0.3) is 10.9 Å². The Kier molecular flexibility index (Phi) is 8.03. The maximum absolute atomic E-state index is 13.2. The van der Waals surface area contributed by atoms with Gasteiger partial charge in [0.25, 0.3) is 5.91 Å². The number of primary amides is 1. The lowest BCUT2D eigenvalue weighted by molar-refractivity contribution is -0.131. The van der Waals surface area contributed by atoms with Gasteiger partial charge in [-0.05, 0) is 49.3 Å². The summed E-state index contributed by atoms with van der Waals surface area (Å²) in [5.74, 6) is -1.64. The average molecular weight is 486 g/mol. The number of hydrogen-bond acceptors (Lipinski definition) is 5. The zero-order valence-corrected chi connectivity index (χ0v) is 20.7. The molecule has 1 aromatic carbocycles. The van der Waals surface area contributed by atoms with Gasteiger partial charge < -0.3 is 31.4 Å². The summed E-state index contributed by atoms with van der Waals surface area (Å²) in [5, 5.41) is 8.98. The number of carbonyl (C=O) groups is 4. The number of piperidine rings is 1. The maximum atomic E-state index is 13.2. The zero-order valence-electron chi connectivity index (χ0n) is 20.7. The highest BCUT2D eigenvalue weighted by Crippen LogP contribution is 2.27. The van der Waals surface area contributed by atoms with Crippen molar-refractivity contribution in [2.75, 3.05) is 13.7 Å². The number of nitrogens with one attached hydrogen (secondary N) is 4. The Bertz CT molecular complexity index is 1100. The minimum Gasteiger partial charge on any atom is -0.496 e. The van der Waals surface area contributed by atoms with E-state index in [9.17, 15) is 19.2 Å². The number of ether oxygens (including phenoxy) is 1. The van der Waals surface area contributed by atoms with Crippen LogP contribution in [-0.2, 0) is 14.4 Å². The van der Waals surface area contributed by atoms with Crippen LogP contribution < -0.4 is 26.4 Å². The molecule has 3 atom stereocenters. The van der Waals surface area contributed by atoms with Gasteiger partial charge in [-0.3, -0.25) is 19.2 Å². The number of H-pyrrole nitrogens is 1. The molecule has 1 fully saturated rings. The number of amides is 4. The molecule has 3 rings (SSSR count). The lowest BCUT2D eigenvalue weighted by Gasteiger charge is -2.29. The van der Waals surface area contributed by atoms with Crippen LogP contribution in [-0.4, -0.2) is 54.4 Å². The van der Waals surface area contributed by atoms with Crippen LogP contribution in [0.2, 0.25) is 0 Å². The second-order valence-electron chi connectivity index (χ2n) is 10.2. The molecule has 0 saturated carbocycles. The summed E-state index contributed by atoms with van der Waals surface area (Å²) in [6.45, 7) is 6.45. The average Bonchev–Trinajstić information content (AvgIpc) is 3.23. The summed E-state index contributed by atoms with van der Waals surface area (Å²) < 4.78 is 5.35. The molecular formula is C25H35N5O5. The first-order valence-corrected chi connectivity index (χ1v) is 11.8. The summed E-state index contributed by atoms with van der Waals surface area (Å²) in [5.41, 5.74) is 6.25. The zero-order chi connectivity index (χ0) is 25.8. The lowest BCUT2D eigenvalue weighted by Crippen LogP contribution is -2.55. The fourth-order valence-corrected chi connectivity index (χ4v) is 4.35. The molecule has 2 heterocycles. The molecule has 0 radical (unpaired) electrons. The Balaban J connectivity index is 1.77. The Morgan fingerprint density at radius 1 is 1.20 bits per heavy atom. The predicted molar refractivity (Wildman–Crippen MR) is 132 cm³/mol. The smallest absolute Gasteiger partial charge is 0.268 e. The van der Waals surface area contributed by atoms with Gasteiger partial charge in [-0.25, -0.2) is 0 Å². The van der Waals surface area contributed by atoms with Gasteiger partial charge in [-0.2, -0.15) is 0 Å². The molecular weight excluding hydrogens is 450 g/mol. The van der Waals surface area contributed by atoms with Crippen molar-refractivity contribution in [3.8, 4) is 5.75 Å². The number of benzene rings is 1. The van der Waals surface area contributed by atoms with E-state index in [-0.39, 0.29) is 23.4 Å². The van der Waals surface area contributed by atoms with Crippen LogP contribution in [0.3, 0.4) is 0 Å². The van der Waals surface area contributed by atoms with Crippen LogP contribution in [0.4, 0.5) is 0 Å². The van der Waals surface area contributed by atoms with Crippen molar-refractivity contribution in [1.82, 2.24) is 20.9 Å². The highest BCUT2D eigenvalue weighted by Gasteiger charge is 2.33. The standard InChI is InChI=1S/C25H35N5O5/c1-25(2,3)13-19(24(34)29-17(21(26)31)11-14-7-6-10-27-22(14)32)30-23(33)18-12-15-16(28-18)8-5-9-20(15)35-4/h5,8-9,12,14,17,19,28H,6-7,10-11,13H2,1-4H3,(H2,26,31)(H,27,32)(H,29,34)(H,30,33)/t14-,17-,19-/m0/s1. The minimum absolute atomic E-state index is 0.116. The quantitative estimate of drug-likeness (QED) is 0.365. The van der Waals surface area contributed by atoms with Gasteiger partial charge in [0.1, 0.15) is 23.5 Å². The first-order chi connectivity index (χ1) is 16.5. The molecule has 1 aromatic heterocycles. The van der Waals surface area contributed by atoms with Crippen LogP contribution in [0.1, 0.15) is 56.9 Å². The van der Waals surface area contributed by atoms with Crippen molar-refractivity contribution < 1.29 is 23.9 Å². The Labute approximate surface area is 204 Å². The molecule has 0 aliphatic carbocycles. The second-order valence-corrected chi connectivity index (χ2v) is 10.2. The monoisotopic (exact) mass is 485 g/mol. The Hall–Kier alpha value is -3.56. The fraction of sp³-hybridized carbons (Fsp3) is 0.520. The van der Waals surface area contributed by atoms with E-state index in [1.54, 1.807) is 19.2 Å². The molecule has 0 spiro atoms. The molecule has 35 heavy (non-hydrogen) atoms. The highest BCUT2D eigenvalue weighted by molar-refractivity contribution is 6.01. The summed E-state index contributed by atoms with van der Waals surface area (Å²) >= 11 is 0. The SMILES string of the molecule is COc1cccc2[nH]c(C(=O)N[C@@H](CC(C)(C)C)C(=O)N[C@@H](C[C@@H]3CCCNC3=O)C(N)=O)cc12. The van der Waals surface area contributed by atoms with E-state index in [4.69, 9.17) is 10.5 Å². The van der Waals surface area contributed by atoms with Gasteiger partial charge in [0.2, 0.25) is 17.7 Å². The molecule has 1 aliphatic heterocycles. The van der Waals surface area contributed by atoms with Gasteiger partial charge in [0, 0.05) is 23.4 Å². The van der Waals surface area contributed by atoms with Crippen molar-refractivity contribution in [3.63, 3.8) is 0 Å². The molecule has 0 bridgehead atoms. The van der Waals surface area contributed by atoms with Gasteiger partial charge in [0.15, 0.2) is 0 Å². The molecule has 6 N–H and O–H groups in total. The molecule has 1 aliphatic rings. The number of fused-ring (bicyclic) bond motifs is 1. The van der Waals surface area contributed by atoms with Crippen LogP contribution in [0, 0.1) is 11.3 Å². The van der Waals surface area contributed by atoms with E-state index in [0.717, 1.165) is 17.3 Å². The number of nitrogens with two attached hydrogens (primary N) is 1. The van der Waals surface area contributed by atoms with Crippen molar-refractivity contribution in [1.29, 1.82) is 0 Å². The topological polar surface area (TPSA) is 155 Å². The van der Waals surface area contributed by atoms with Crippen LogP contribution >= 0.6 is 0 Å². The highest BCUT2D eigenvalue weighted by atomic mass is 16.5. The van der Waals surface area contributed by atoms with Gasteiger partial charge in [0.05, 0.1) is 7.11 Å². The minimum atomic E-state index is -1.02. The molecule has 10 heteroatoms. The van der Waals surface area contributed by atoms with Gasteiger partial charge in [-0.1, -0.05) is 26.8 Å². The number of carbonyl (C=O) groups excluding carboxylic acids is 4. The van der Waals surface area contributed by atoms with Gasteiger partial charge in [-0.15, -0.1) is 0 Å². The molecule has 0 unspecified atom stereocenters. The van der Waals surface area contributed by atoms with Crippen molar-refractivity contribution in [2.24, 2.45) is 17.1 Å². The summed E-state index contributed by atoms with van der Waals surface area (Å²) in [4.78, 5) is 53.6. The number of rotatable bonds is 9. The summed E-state index contributed by atoms with van der Waals surface area (Å²) in [6, 6.07) is 5.16. The fourth-order valence-electron chi connectivity index (χ4n) is 4.35. The molecule has 10 nitrogen and oxygen atoms in total.